The van der Waals surface area contributed by atoms with Crippen molar-refractivity contribution >= 4 is 24.0 Å². The molecule has 0 spiro atoms. The van der Waals surface area contributed by atoms with Crippen LogP contribution in [0.2, 0.25) is 0 Å². The summed E-state index contributed by atoms with van der Waals surface area (Å²) in [6.07, 6.45) is 13.4. The highest BCUT2D eigenvalue weighted by atomic mass is 16.2. The second kappa shape index (κ2) is 14.8. The number of carbonyl (C=O) groups is 2. The van der Waals surface area contributed by atoms with E-state index in [9.17, 15) is 9.59 Å². The van der Waals surface area contributed by atoms with Gasteiger partial charge in [0.25, 0.3) is 0 Å². The molecule has 0 fully saturated rings. The minimum Gasteiger partial charge on any atom is -0.353 e. The summed E-state index contributed by atoms with van der Waals surface area (Å²) in [7, 11) is 0. The number of benzene rings is 2. The standard InChI is InChI=1S/C28H36N2O2/c1-23-9-13-25(14-10-23)17-19-27(31)29-21-7-5-3-4-6-8-22-30-28(32)20-18-26-15-11-24(2)12-16-26/h9-20H,3-8,21-22H2,1-2H3,(H,29,31)(H,30,32)/b19-17+,20-18+. The first-order chi connectivity index (χ1) is 15.5. The number of aryl methyl sites for hydroxylation is 2. The summed E-state index contributed by atoms with van der Waals surface area (Å²) in [5.74, 6) is -0.0875. The van der Waals surface area contributed by atoms with Crippen molar-refractivity contribution in [3.8, 4) is 0 Å². The molecule has 2 N–H and O–H groups in total. The van der Waals surface area contributed by atoms with Crippen LogP contribution in [0, 0.1) is 13.8 Å². The van der Waals surface area contributed by atoms with Gasteiger partial charge in [-0.15, -0.1) is 0 Å². The van der Waals surface area contributed by atoms with Crippen LogP contribution in [-0.4, -0.2) is 24.9 Å². The molecule has 2 aromatic rings. The van der Waals surface area contributed by atoms with Crippen LogP contribution in [0.25, 0.3) is 12.2 Å². The summed E-state index contributed by atoms with van der Waals surface area (Å²) >= 11 is 0. The Morgan fingerprint density at radius 3 is 1.31 bits per heavy atom. The molecule has 0 aliphatic rings. The van der Waals surface area contributed by atoms with Crippen molar-refractivity contribution in [2.24, 2.45) is 0 Å². The lowest BCUT2D eigenvalue weighted by molar-refractivity contribution is -0.117. The zero-order valence-electron chi connectivity index (χ0n) is 19.4. The molecule has 2 amide bonds. The molecule has 2 aromatic carbocycles. The first kappa shape index (κ1) is 25.1. The molecule has 0 bridgehead atoms. The highest BCUT2D eigenvalue weighted by Gasteiger charge is 1.98. The molecule has 0 aliphatic carbocycles. The van der Waals surface area contributed by atoms with Crippen LogP contribution in [0.5, 0.6) is 0 Å². The SMILES string of the molecule is Cc1ccc(/C=C/C(=O)NCCCCCCCCNC(=O)/C=C/c2ccc(C)cc2)cc1. The number of carbonyl (C=O) groups excluding carboxylic acids is 2. The fourth-order valence-corrected chi connectivity index (χ4v) is 3.20. The van der Waals surface area contributed by atoms with Gasteiger partial charge in [0.2, 0.25) is 11.8 Å². The minimum absolute atomic E-state index is 0.0438. The van der Waals surface area contributed by atoms with Gasteiger partial charge in [-0.2, -0.15) is 0 Å². The van der Waals surface area contributed by atoms with Crippen molar-refractivity contribution < 1.29 is 9.59 Å². The van der Waals surface area contributed by atoms with E-state index >= 15 is 0 Å². The second-order valence-electron chi connectivity index (χ2n) is 8.19. The first-order valence-corrected chi connectivity index (χ1v) is 11.6. The van der Waals surface area contributed by atoms with E-state index in [4.69, 9.17) is 0 Å². The topological polar surface area (TPSA) is 58.2 Å². The third-order valence-electron chi connectivity index (χ3n) is 5.21. The van der Waals surface area contributed by atoms with Gasteiger partial charge in [-0.25, -0.2) is 0 Å². The molecule has 0 atom stereocenters. The molecule has 0 radical (unpaired) electrons. The van der Waals surface area contributed by atoms with Crippen LogP contribution in [-0.2, 0) is 9.59 Å². The number of hydrogen-bond acceptors (Lipinski definition) is 2. The summed E-state index contributed by atoms with van der Waals surface area (Å²) in [6, 6.07) is 16.2. The quantitative estimate of drug-likeness (QED) is 0.320. The zero-order chi connectivity index (χ0) is 23.0. The Balaban J connectivity index is 1.42. The average Bonchev–Trinajstić information content (AvgIpc) is 2.79. The second-order valence-corrected chi connectivity index (χ2v) is 8.19. The third kappa shape index (κ3) is 11.3. The predicted molar refractivity (Wildman–Crippen MR) is 134 cm³/mol. The third-order valence-corrected chi connectivity index (χ3v) is 5.21. The van der Waals surface area contributed by atoms with Gasteiger partial charge in [-0.05, 0) is 50.0 Å². The van der Waals surface area contributed by atoms with Crippen LogP contribution in [0.4, 0.5) is 0 Å². The summed E-state index contributed by atoms with van der Waals surface area (Å²) in [4.78, 5) is 23.7. The average molecular weight is 433 g/mol. The van der Waals surface area contributed by atoms with E-state index in [1.165, 1.54) is 11.1 Å². The van der Waals surface area contributed by atoms with Crippen LogP contribution >= 0.6 is 0 Å². The molecular weight excluding hydrogens is 396 g/mol. The highest BCUT2D eigenvalue weighted by molar-refractivity contribution is 5.92. The molecule has 2 rings (SSSR count). The smallest absolute Gasteiger partial charge is 0.243 e. The number of nitrogens with one attached hydrogen (secondary N) is 2. The molecule has 32 heavy (non-hydrogen) atoms. The summed E-state index contributed by atoms with van der Waals surface area (Å²) in [5, 5.41) is 5.87. The van der Waals surface area contributed by atoms with Crippen LogP contribution in [0.15, 0.2) is 60.7 Å². The summed E-state index contributed by atoms with van der Waals surface area (Å²) in [5.41, 5.74) is 4.48. The minimum atomic E-state index is -0.0438. The normalized spacial score (nSPS) is 11.2. The van der Waals surface area contributed by atoms with Gasteiger partial charge in [-0.3, -0.25) is 9.59 Å². The number of unbranched alkanes of at least 4 members (excludes halogenated alkanes) is 5. The van der Waals surface area contributed by atoms with Gasteiger partial charge in [0, 0.05) is 25.2 Å². The molecule has 0 saturated carbocycles. The summed E-state index contributed by atoms with van der Waals surface area (Å²) < 4.78 is 0. The van der Waals surface area contributed by atoms with Gasteiger partial charge in [0.05, 0.1) is 0 Å². The Morgan fingerprint density at radius 2 is 0.938 bits per heavy atom. The Labute approximate surface area is 192 Å². The monoisotopic (exact) mass is 432 g/mol. The van der Waals surface area contributed by atoms with Crippen molar-refractivity contribution in [2.45, 2.75) is 52.4 Å². The van der Waals surface area contributed by atoms with Gasteiger partial charge in [0.1, 0.15) is 0 Å². The molecular formula is C28H36N2O2. The van der Waals surface area contributed by atoms with Crippen molar-refractivity contribution in [2.75, 3.05) is 13.1 Å². The molecule has 0 aromatic heterocycles. The maximum atomic E-state index is 11.8. The Kier molecular flexibility index (Phi) is 11.6. The van der Waals surface area contributed by atoms with E-state index in [0.29, 0.717) is 13.1 Å². The Bertz CT molecular complexity index is 805. The first-order valence-electron chi connectivity index (χ1n) is 11.6. The molecule has 4 nitrogen and oxygen atoms in total. The van der Waals surface area contributed by atoms with Crippen molar-refractivity contribution in [3.63, 3.8) is 0 Å². The van der Waals surface area contributed by atoms with Gasteiger partial charge < -0.3 is 10.6 Å². The number of rotatable bonds is 13. The maximum Gasteiger partial charge on any atom is 0.243 e. The molecule has 0 unspecified atom stereocenters. The lowest BCUT2D eigenvalue weighted by atomic mass is 10.1. The Morgan fingerprint density at radius 1 is 0.594 bits per heavy atom. The van der Waals surface area contributed by atoms with E-state index in [0.717, 1.165) is 49.7 Å². The molecule has 4 heteroatoms. The van der Waals surface area contributed by atoms with Crippen LogP contribution < -0.4 is 10.6 Å². The Hall–Kier alpha value is -3.14. The van der Waals surface area contributed by atoms with Gasteiger partial charge >= 0.3 is 0 Å². The van der Waals surface area contributed by atoms with E-state index < -0.39 is 0 Å². The summed E-state index contributed by atoms with van der Waals surface area (Å²) in [6.45, 7) is 5.51. The molecule has 170 valence electrons. The maximum absolute atomic E-state index is 11.8. The predicted octanol–water partition coefficient (Wildman–Crippen LogP) is 5.60. The van der Waals surface area contributed by atoms with Crippen molar-refractivity contribution in [3.05, 3.63) is 82.9 Å². The van der Waals surface area contributed by atoms with E-state index in [1.807, 2.05) is 74.5 Å². The number of hydrogen-bond donors (Lipinski definition) is 2. The van der Waals surface area contributed by atoms with Gasteiger partial charge in [-0.1, -0.05) is 85.3 Å². The number of amides is 2. The van der Waals surface area contributed by atoms with Crippen molar-refractivity contribution in [1.82, 2.24) is 10.6 Å². The van der Waals surface area contributed by atoms with E-state index in [2.05, 4.69) is 10.6 Å². The lowest BCUT2D eigenvalue weighted by Gasteiger charge is -2.04. The fraction of sp³-hybridized carbons (Fsp3) is 0.357. The lowest BCUT2D eigenvalue weighted by Crippen LogP contribution is -2.22. The zero-order valence-corrected chi connectivity index (χ0v) is 19.4. The van der Waals surface area contributed by atoms with Crippen LogP contribution in [0.3, 0.4) is 0 Å². The van der Waals surface area contributed by atoms with E-state index in [-0.39, 0.29) is 11.8 Å². The molecule has 0 heterocycles. The van der Waals surface area contributed by atoms with Crippen molar-refractivity contribution in [1.29, 1.82) is 0 Å². The van der Waals surface area contributed by atoms with E-state index in [1.54, 1.807) is 12.2 Å². The van der Waals surface area contributed by atoms with Gasteiger partial charge in [0.15, 0.2) is 0 Å². The molecule has 0 saturated heterocycles. The van der Waals surface area contributed by atoms with Crippen LogP contribution in [0.1, 0.15) is 60.8 Å². The largest absolute Gasteiger partial charge is 0.353 e. The highest BCUT2D eigenvalue weighted by Crippen LogP contribution is 2.07. The molecule has 0 aliphatic heterocycles. The fourth-order valence-electron chi connectivity index (χ4n) is 3.20.